The van der Waals surface area contributed by atoms with Crippen LogP contribution in [0.25, 0.3) is 0 Å². The van der Waals surface area contributed by atoms with Crippen LogP contribution in [0.3, 0.4) is 0 Å². The number of benzene rings is 1. The highest BCUT2D eigenvalue weighted by Crippen LogP contribution is 2.16. The van der Waals surface area contributed by atoms with Crippen LogP contribution in [0.15, 0.2) is 39.4 Å². The second-order valence-electron chi connectivity index (χ2n) is 6.22. The van der Waals surface area contributed by atoms with Crippen LogP contribution in [-0.4, -0.2) is 44.8 Å². The lowest BCUT2D eigenvalue weighted by atomic mass is 10.1. The number of carbonyl (C=O) groups excluding carboxylic acids is 1. The molecule has 0 aliphatic carbocycles. The van der Waals surface area contributed by atoms with E-state index in [2.05, 4.69) is 25.6 Å². The number of nitrogens with zero attached hydrogens (tertiary/aromatic N) is 5. The molecule has 27 heavy (non-hydrogen) atoms. The number of aryl methyl sites for hydroxylation is 1. The molecule has 0 aliphatic rings. The standard InChI is InChI=1S/C18H22N6O3/c1-12(17-20-13(2)22-27-17)24(3)18(25)19-10-9-16-21-15(23-26-16)11-14-7-5-4-6-8-14/h4-8,12H,9-11H2,1-3H3,(H,19,25). The first-order valence-corrected chi connectivity index (χ1v) is 8.69. The van der Waals surface area contributed by atoms with E-state index in [0.29, 0.717) is 42.8 Å². The number of aromatic nitrogens is 4. The fourth-order valence-corrected chi connectivity index (χ4v) is 2.47. The molecule has 3 rings (SSSR count). The molecule has 2 heterocycles. The van der Waals surface area contributed by atoms with Gasteiger partial charge in [-0.1, -0.05) is 40.6 Å². The summed E-state index contributed by atoms with van der Waals surface area (Å²) >= 11 is 0. The molecule has 9 nitrogen and oxygen atoms in total. The van der Waals surface area contributed by atoms with Crippen LogP contribution in [0, 0.1) is 6.92 Å². The van der Waals surface area contributed by atoms with Gasteiger partial charge in [0.1, 0.15) is 6.04 Å². The van der Waals surface area contributed by atoms with E-state index < -0.39 is 0 Å². The molecule has 1 aromatic carbocycles. The van der Waals surface area contributed by atoms with Crippen molar-refractivity contribution in [3.63, 3.8) is 0 Å². The fourth-order valence-electron chi connectivity index (χ4n) is 2.47. The van der Waals surface area contributed by atoms with E-state index in [9.17, 15) is 4.79 Å². The molecule has 1 N–H and O–H groups in total. The molecule has 9 heteroatoms. The maximum absolute atomic E-state index is 12.3. The predicted octanol–water partition coefficient (Wildman–Crippen LogP) is 2.30. The first-order chi connectivity index (χ1) is 13.0. The molecule has 0 radical (unpaired) electrons. The minimum atomic E-state index is -0.327. The van der Waals surface area contributed by atoms with Crippen molar-refractivity contribution in [2.75, 3.05) is 13.6 Å². The van der Waals surface area contributed by atoms with Crippen molar-refractivity contribution >= 4 is 6.03 Å². The molecule has 0 fully saturated rings. The Bertz CT molecular complexity index is 876. The number of hydrogen-bond acceptors (Lipinski definition) is 7. The molecule has 142 valence electrons. The second kappa shape index (κ2) is 8.43. The average Bonchev–Trinajstić information content (AvgIpc) is 3.30. The van der Waals surface area contributed by atoms with Crippen molar-refractivity contribution in [1.29, 1.82) is 0 Å². The van der Waals surface area contributed by atoms with Gasteiger partial charge in [-0.3, -0.25) is 0 Å². The zero-order chi connectivity index (χ0) is 19.2. The molecule has 1 unspecified atom stereocenters. The number of hydrogen-bond donors (Lipinski definition) is 1. The third kappa shape index (κ3) is 4.90. The zero-order valence-corrected chi connectivity index (χ0v) is 15.5. The Morgan fingerprint density at radius 3 is 2.67 bits per heavy atom. The summed E-state index contributed by atoms with van der Waals surface area (Å²) in [7, 11) is 1.67. The van der Waals surface area contributed by atoms with Crippen molar-refractivity contribution in [2.24, 2.45) is 0 Å². The lowest BCUT2D eigenvalue weighted by Crippen LogP contribution is -2.39. The van der Waals surface area contributed by atoms with Crippen LogP contribution in [0.5, 0.6) is 0 Å². The molecule has 2 amide bonds. The zero-order valence-electron chi connectivity index (χ0n) is 15.5. The summed E-state index contributed by atoms with van der Waals surface area (Å²) in [5, 5.41) is 10.5. The quantitative estimate of drug-likeness (QED) is 0.679. The van der Waals surface area contributed by atoms with E-state index in [1.54, 1.807) is 14.0 Å². The monoisotopic (exact) mass is 370 g/mol. The topological polar surface area (TPSA) is 110 Å². The van der Waals surface area contributed by atoms with Gasteiger partial charge in [0.25, 0.3) is 0 Å². The van der Waals surface area contributed by atoms with E-state index in [1.165, 1.54) is 4.90 Å². The highest BCUT2D eigenvalue weighted by molar-refractivity contribution is 5.74. The van der Waals surface area contributed by atoms with Crippen molar-refractivity contribution < 1.29 is 13.8 Å². The normalized spacial score (nSPS) is 12.0. The minimum Gasteiger partial charge on any atom is -0.339 e. The number of urea groups is 1. The van der Waals surface area contributed by atoms with Gasteiger partial charge < -0.3 is 19.3 Å². The molecular weight excluding hydrogens is 348 g/mol. The molecule has 0 aliphatic heterocycles. The number of carbonyl (C=O) groups is 1. The first-order valence-electron chi connectivity index (χ1n) is 8.69. The molecule has 2 aromatic heterocycles. The molecule has 0 spiro atoms. The third-order valence-corrected chi connectivity index (χ3v) is 4.13. The Balaban J connectivity index is 1.46. The summed E-state index contributed by atoms with van der Waals surface area (Å²) in [5.41, 5.74) is 1.12. The van der Waals surface area contributed by atoms with Crippen molar-refractivity contribution in [1.82, 2.24) is 30.5 Å². The lowest BCUT2D eigenvalue weighted by molar-refractivity contribution is 0.181. The maximum atomic E-state index is 12.3. The van der Waals surface area contributed by atoms with Crippen LogP contribution >= 0.6 is 0 Å². The van der Waals surface area contributed by atoms with E-state index in [4.69, 9.17) is 9.05 Å². The average molecular weight is 370 g/mol. The Morgan fingerprint density at radius 1 is 1.19 bits per heavy atom. The number of nitrogens with one attached hydrogen (secondary N) is 1. The van der Waals surface area contributed by atoms with E-state index in [-0.39, 0.29) is 12.1 Å². The largest absolute Gasteiger partial charge is 0.339 e. The molecule has 3 aromatic rings. The lowest BCUT2D eigenvalue weighted by Gasteiger charge is -2.22. The van der Waals surface area contributed by atoms with Gasteiger partial charge in [0.15, 0.2) is 11.6 Å². The van der Waals surface area contributed by atoms with Crippen molar-refractivity contribution in [3.8, 4) is 0 Å². The Labute approximate surface area is 156 Å². The van der Waals surface area contributed by atoms with Crippen LogP contribution in [0.4, 0.5) is 4.79 Å². The van der Waals surface area contributed by atoms with Gasteiger partial charge in [-0.2, -0.15) is 9.97 Å². The van der Waals surface area contributed by atoms with Gasteiger partial charge in [0, 0.05) is 26.4 Å². The second-order valence-corrected chi connectivity index (χ2v) is 6.22. The predicted molar refractivity (Wildman–Crippen MR) is 95.9 cm³/mol. The smallest absolute Gasteiger partial charge is 0.317 e. The maximum Gasteiger partial charge on any atom is 0.317 e. The molecule has 0 bridgehead atoms. The summed E-state index contributed by atoms with van der Waals surface area (Å²) in [5.74, 6) is 2.05. The van der Waals surface area contributed by atoms with Gasteiger partial charge >= 0.3 is 6.03 Å². The highest BCUT2D eigenvalue weighted by Gasteiger charge is 2.22. The summed E-state index contributed by atoms with van der Waals surface area (Å²) < 4.78 is 10.3. The van der Waals surface area contributed by atoms with Crippen molar-refractivity contribution in [3.05, 3.63) is 59.3 Å². The highest BCUT2D eigenvalue weighted by atomic mass is 16.5. The van der Waals surface area contributed by atoms with Gasteiger partial charge in [-0.25, -0.2) is 4.79 Å². The van der Waals surface area contributed by atoms with Crippen LogP contribution < -0.4 is 5.32 Å². The third-order valence-electron chi connectivity index (χ3n) is 4.13. The van der Waals surface area contributed by atoms with Gasteiger partial charge in [0.05, 0.1) is 0 Å². The minimum absolute atomic E-state index is 0.248. The van der Waals surface area contributed by atoms with E-state index >= 15 is 0 Å². The van der Waals surface area contributed by atoms with Crippen molar-refractivity contribution in [2.45, 2.75) is 32.7 Å². The fraction of sp³-hybridized carbons (Fsp3) is 0.389. The summed E-state index contributed by atoms with van der Waals surface area (Å²) in [6.07, 6.45) is 1.07. The van der Waals surface area contributed by atoms with E-state index in [1.807, 2.05) is 37.3 Å². The Morgan fingerprint density at radius 2 is 1.96 bits per heavy atom. The van der Waals surface area contributed by atoms with E-state index in [0.717, 1.165) is 5.56 Å². The molecule has 0 saturated carbocycles. The van der Waals surface area contributed by atoms with Gasteiger partial charge in [-0.15, -0.1) is 0 Å². The van der Waals surface area contributed by atoms with Crippen LogP contribution in [0.2, 0.25) is 0 Å². The number of amides is 2. The SMILES string of the molecule is Cc1noc(C(C)N(C)C(=O)NCCc2nc(Cc3ccccc3)no2)n1. The van der Waals surface area contributed by atoms with Crippen LogP contribution in [-0.2, 0) is 12.8 Å². The van der Waals surface area contributed by atoms with Crippen LogP contribution in [0.1, 0.15) is 42.0 Å². The number of rotatable bonds is 7. The summed E-state index contributed by atoms with van der Waals surface area (Å²) in [4.78, 5) is 22.3. The first kappa shape index (κ1) is 18.6. The molecule has 1 atom stereocenters. The Hall–Kier alpha value is -3.23. The molecule has 0 saturated heterocycles. The molecular formula is C18H22N6O3. The van der Waals surface area contributed by atoms with Gasteiger partial charge in [0.2, 0.25) is 11.8 Å². The summed E-state index contributed by atoms with van der Waals surface area (Å²) in [6, 6.07) is 9.36. The summed E-state index contributed by atoms with van der Waals surface area (Å²) in [6.45, 7) is 3.93. The van der Waals surface area contributed by atoms with Gasteiger partial charge in [-0.05, 0) is 19.4 Å². The Kier molecular flexibility index (Phi) is 5.80.